The van der Waals surface area contributed by atoms with Gasteiger partial charge in [0.05, 0.1) is 16.1 Å². The first-order valence-corrected chi connectivity index (χ1v) is 7.18. The monoisotopic (exact) mass is 316 g/mol. The van der Waals surface area contributed by atoms with E-state index in [4.69, 9.17) is 23.2 Å². The Morgan fingerprint density at radius 1 is 1.20 bits per heavy atom. The molecular formula is C14H18Cl2N2O2. The van der Waals surface area contributed by atoms with E-state index in [0.29, 0.717) is 10.0 Å². The fourth-order valence-corrected chi connectivity index (χ4v) is 2.13. The molecule has 2 N–H and O–H groups in total. The van der Waals surface area contributed by atoms with Crippen molar-refractivity contribution in [1.29, 1.82) is 0 Å². The summed E-state index contributed by atoms with van der Waals surface area (Å²) in [5.74, 6) is -0.624. The number of carbonyl (C=O) groups is 2. The molecule has 0 radical (unpaired) electrons. The summed E-state index contributed by atoms with van der Waals surface area (Å²) in [6, 6.07) is 5.10. The number of halogens is 2. The summed E-state index contributed by atoms with van der Waals surface area (Å²) in [6.45, 7) is 2.02. The van der Waals surface area contributed by atoms with Crippen molar-refractivity contribution < 1.29 is 9.59 Å². The van der Waals surface area contributed by atoms with Crippen LogP contribution in [0.3, 0.4) is 0 Å². The van der Waals surface area contributed by atoms with Crippen LogP contribution < -0.4 is 10.6 Å². The van der Waals surface area contributed by atoms with Crippen molar-refractivity contribution in [2.45, 2.75) is 32.2 Å². The summed E-state index contributed by atoms with van der Waals surface area (Å²) in [4.78, 5) is 23.0. The molecule has 4 nitrogen and oxygen atoms in total. The minimum Gasteiger partial charge on any atom is -0.359 e. The number of hydrogen-bond donors (Lipinski definition) is 2. The van der Waals surface area contributed by atoms with Crippen molar-refractivity contribution in [3.63, 3.8) is 0 Å². The minimum atomic E-state index is -0.313. The Morgan fingerprint density at radius 3 is 2.45 bits per heavy atom. The van der Waals surface area contributed by atoms with Crippen molar-refractivity contribution in [3.05, 3.63) is 33.8 Å². The van der Waals surface area contributed by atoms with Gasteiger partial charge >= 0.3 is 0 Å². The Balaban J connectivity index is 2.80. The van der Waals surface area contributed by atoms with Gasteiger partial charge in [-0.15, -0.1) is 0 Å². The summed E-state index contributed by atoms with van der Waals surface area (Å²) >= 11 is 11.9. The van der Waals surface area contributed by atoms with E-state index in [1.54, 1.807) is 12.1 Å². The zero-order chi connectivity index (χ0) is 15.1. The van der Waals surface area contributed by atoms with Crippen molar-refractivity contribution in [1.82, 2.24) is 10.6 Å². The molecule has 6 heteroatoms. The molecule has 0 spiro atoms. The summed E-state index contributed by atoms with van der Waals surface area (Å²) in [5.41, 5.74) is 0.881. The van der Waals surface area contributed by atoms with Crippen LogP contribution in [-0.2, 0) is 9.59 Å². The highest BCUT2D eigenvalue weighted by atomic mass is 35.5. The SMILES string of the molecule is CCC[C@H](NC(=O)CC(=O)NC)c1ccc(Cl)c(Cl)c1. The fraction of sp³-hybridized carbons (Fsp3) is 0.429. The van der Waals surface area contributed by atoms with Gasteiger partial charge in [-0.1, -0.05) is 42.6 Å². The minimum absolute atomic E-state index is 0.174. The Labute approximate surface area is 128 Å². The van der Waals surface area contributed by atoms with Crippen LogP contribution in [0, 0.1) is 0 Å². The average Bonchev–Trinajstić information content (AvgIpc) is 2.41. The standard InChI is InChI=1S/C14H18Cl2N2O2/c1-3-4-12(18-14(20)8-13(19)17-2)9-5-6-10(15)11(16)7-9/h5-7,12H,3-4,8H2,1-2H3,(H,17,19)(H,18,20)/t12-/m0/s1. The van der Waals surface area contributed by atoms with E-state index < -0.39 is 0 Å². The number of nitrogens with one attached hydrogen (secondary N) is 2. The predicted molar refractivity (Wildman–Crippen MR) is 80.9 cm³/mol. The molecule has 0 aliphatic heterocycles. The number of benzene rings is 1. The van der Waals surface area contributed by atoms with Gasteiger partial charge in [0.2, 0.25) is 11.8 Å². The zero-order valence-corrected chi connectivity index (χ0v) is 13.0. The second-order valence-electron chi connectivity index (χ2n) is 4.43. The molecule has 0 saturated carbocycles. The lowest BCUT2D eigenvalue weighted by Crippen LogP contribution is -2.33. The largest absolute Gasteiger partial charge is 0.359 e. The maximum absolute atomic E-state index is 11.8. The van der Waals surface area contributed by atoms with Gasteiger partial charge < -0.3 is 10.6 Å². The van der Waals surface area contributed by atoms with Gasteiger partial charge in [-0.2, -0.15) is 0 Å². The molecule has 0 aliphatic rings. The Kier molecular flexibility index (Phi) is 6.82. The Morgan fingerprint density at radius 2 is 1.90 bits per heavy atom. The van der Waals surface area contributed by atoms with E-state index >= 15 is 0 Å². The third kappa shape index (κ3) is 5.02. The number of hydrogen-bond acceptors (Lipinski definition) is 2. The van der Waals surface area contributed by atoms with Crippen molar-refractivity contribution in [2.24, 2.45) is 0 Å². The van der Waals surface area contributed by atoms with Crippen LogP contribution >= 0.6 is 23.2 Å². The van der Waals surface area contributed by atoms with Gasteiger partial charge in [-0.05, 0) is 24.1 Å². The maximum atomic E-state index is 11.8. The molecule has 1 atom stereocenters. The van der Waals surface area contributed by atoms with Crippen LogP contribution in [0.15, 0.2) is 18.2 Å². The van der Waals surface area contributed by atoms with E-state index in [2.05, 4.69) is 10.6 Å². The summed E-state index contributed by atoms with van der Waals surface area (Å²) in [5, 5.41) is 6.19. The van der Waals surface area contributed by atoms with Gasteiger partial charge in [0.1, 0.15) is 6.42 Å². The number of rotatable bonds is 6. The normalized spacial score (nSPS) is 11.8. The van der Waals surface area contributed by atoms with Crippen LogP contribution in [-0.4, -0.2) is 18.9 Å². The highest BCUT2D eigenvalue weighted by Gasteiger charge is 2.16. The van der Waals surface area contributed by atoms with E-state index in [9.17, 15) is 9.59 Å². The average molecular weight is 317 g/mol. The molecular weight excluding hydrogens is 299 g/mol. The first-order chi connectivity index (χ1) is 9.47. The van der Waals surface area contributed by atoms with Crippen LogP contribution in [0.4, 0.5) is 0 Å². The molecule has 0 unspecified atom stereocenters. The fourth-order valence-electron chi connectivity index (χ4n) is 1.82. The van der Waals surface area contributed by atoms with Gasteiger partial charge in [0.25, 0.3) is 0 Å². The second kappa shape index (κ2) is 8.12. The predicted octanol–water partition coefficient (Wildman–Crippen LogP) is 3.09. The van der Waals surface area contributed by atoms with E-state index in [1.165, 1.54) is 7.05 Å². The van der Waals surface area contributed by atoms with Crippen LogP contribution in [0.2, 0.25) is 10.0 Å². The van der Waals surface area contributed by atoms with Gasteiger partial charge in [-0.25, -0.2) is 0 Å². The van der Waals surface area contributed by atoms with E-state index in [-0.39, 0.29) is 24.3 Å². The van der Waals surface area contributed by atoms with Gasteiger partial charge in [0, 0.05) is 7.05 Å². The highest BCUT2D eigenvalue weighted by Crippen LogP contribution is 2.27. The maximum Gasteiger partial charge on any atom is 0.229 e. The van der Waals surface area contributed by atoms with Gasteiger partial charge in [-0.3, -0.25) is 9.59 Å². The highest BCUT2D eigenvalue weighted by molar-refractivity contribution is 6.42. The third-order valence-electron chi connectivity index (χ3n) is 2.86. The molecule has 0 aromatic heterocycles. The first-order valence-electron chi connectivity index (χ1n) is 6.42. The summed E-state index contributed by atoms with van der Waals surface area (Å²) in [7, 11) is 1.50. The molecule has 0 aliphatic carbocycles. The lowest BCUT2D eigenvalue weighted by molar-refractivity contribution is -0.129. The molecule has 0 heterocycles. The Hall–Kier alpha value is -1.26. The van der Waals surface area contributed by atoms with Crippen molar-refractivity contribution >= 4 is 35.0 Å². The molecule has 2 amide bonds. The van der Waals surface area contributed by atoms with Crippen LogP contribution in [0.1, 0.15) is 37.8 Å². The van der Waals surface area contributed by atoms with Crippen molar-refractivity contribution in [2.75, 3.05) is 7.05 Å². The third-order valence-corrected chi connectivity index (χ3v) is 3.60. The molecule has 0 fully saturated rings. The lowest BCUT2D eigenvalue weighted by Gasteiger charge is -2.19. The quantitative estimate of drug-likeness (QED) is 0.792. The van der Waals surface area contributed by atoms with Crippen LogP contribution in [0.5, 0.6) is 0 Å². The molecule has 1 rings (SSSR count). The molecule has 1 aromatic carbocycles. The number of amides is 2. The van der Waals surface area contributed by atoms with Crippen molar-refractivity contribution in [3.8, 4) is 0 Å². The molecule has 110 valence electrons. The zero-order valence-electron chi connectivity index (χ0n) is 11.5. The molecule has 0 bridgehead atoms. The second-order valence-corrected chi connectivity index (χ2v) is 5.25. The van der Waals surface area contributed by atoms with E-state index in [1.807, 2.05) is 13.0 Å². The molecule has 20 heavy (non-hydrogen) atoms. The first kappa shape index (κ1) is 16.8. The number of carbonyl (C=O) groups excluding carboxylic acids is 2. The van der Waals surface area contributed by atoms with E-state index in [0.717, 1.165) is 18.4 Å². The Bertz CT molecular complexity index is 492. The lowest BCUT2D eigenvalue weighted by atomic mass is 10.0. The topological polar surface area (TPSA) is 58.2 Å². The summed E-state index contributed by atoms with van der Waals surface area (Å²) in [6.07, 6.45) is 1.47. The summed E-state index contributed by atoms with van der Waals surface area (Å²) < 4.78 is 0. The molecule has 1 aromatic rings. The molecule has 0 saturated heterocycles. The van der Waals surface area contributed by atoms with Crippen LogP contribution in [0.25, 0.3) is 0 Å². The van der Waals surface area contributed by atoms with Gasteiger partial charge in [0.15, 0.2) is 0 Å². The smallest absolute Gasteiger partial charge is 0.229 e.